The molecule has 2 aromatic carbocycles. The van der Waals surface area contributed by atoms with Gasteiger partial charge in [-0.1, -0.05) is 18.2 Å². The van der Waals surface area contributed by atoms with Crippen molar-refractivity contribution in [2.45, 2.75) is 0 Å². The highest BCUT2D eigenvalue weighted by atomic mass is 16.5. The normalized spacial score (nSPS) is 9.88. The van der Waals surface area contributed by atoms with Crippen LogP contribution in [0.15, 0.2) is 30.3 Å². The molecule has 2 aromatic rings. The summed E-state index contributed by atoms with van der Waals surface area (Å²) in [7, 11) is 1.22. The maximum atomic E-state index is 11.4. The summed E-state index contributed by atoms with van der Waals surface area (Å²) in [6.45, 7) is 0. The van der Waals surface area contributed by atoms with Crippen LogP contribution in [0.4, 0.5) is 5.69 Å². The van der Waals surface area contributed by atoms with Crippen LogP contribution < -0.4 is 0 Å². The molecule has 0 bridgehead atoms. The van der Waals surface area contributed by atoms with Gasteiger partial charge in [-0.05, 0) is 17.5 Å². The van der Waals surface area contributed by atoms with Crippen molar-refractivity contribution in [2.75, 3.05) is 7.11 Å². The maximum Gasteiger partial charge on any atom is 0.434 e. The summed E-state index contributed by atoms with van der Waals surface area (Å²) in [5, 5.41) is 20.0. The number of benzene rings is 2. The fourth-order valence-electron chi connectivity index (χ4n) is 1.68. The zero-order chi connectivity index (χ0) is 12.4. The molecule has 17 heavy (non-hydrogen) atoms. The highest BCUT2D eigenvalue weighted by molar-refractivity contribution is 6.06. The van der Waals surface area contributed by atoms with Gasteiger partial charge in [0.15, 0.2) is 4.98 Å². The van der Waals surface area contributed by atoms with Gasteiger partial charge in [0, 0.05) is 0 Å². The molecule has 2 rings (SSSR count). The Morgan fingerprint density at radius 1 is 1.41 bits per heavy atom. The molecule has 0 amide bonds. The molecule has 0 aliphatic rings. The first-order valence-corrected chi connectivity index (χ1v) is 4.87. The van der Waals surface area contributed by atoms with E-state index in [-0.39, 0.29) is 11.3 Å². The minimum absolute atomic E-state index is 0.0287. The van der Waals surface area contributed by atoms with Crippen molar-refractivity contribution < 1.29 is 14.6 Å². The number of rotatable bonds is 1. The van der Waals surface area contributed by atoms with Crippen LogP contribution in [0.25, 0.3) is 15.7 Å². The highest BCUT2D eigenvalue weighted by Crippen LogP contribution is 2.38. The molecule has 0 heterocycles. The summed E-state index contributed by atoms with van der Waals surface area (Å²) in [5.41, 5.74) is -0.0671. The third-order valence-electron chi connectivity index (χ3n) is 2.50. The minimum Gasteiger partial charge on any atom is -0.501 e. The number of carbonyl (C=O) groups excluding carboxylic acids is 1. The van der Waals surface area contributed by atoms with E-state index in [1.165, 1.54) is 13.2 Å². The second-order valence-electron chi connectivity index (χ2n) is 3.43. The van der Waals surface area contributed by atoms with Crippen molar-refractivity contribution in [1.29, 1.82) is 5.39 Å². The molecule has 5 nitrogen and oxygen atoms in total. The number of carbonyl (C=O) groups is 1. The summed E-state index contributed by atoms with van der Waals surface area (Å²) in [4.78, 5) is 14.5. The van der Waals surface area contributed by atoms with Crippen molar-refractivity contribution in [3.63, 3.8) is 0 Å². The van der Waals surface area contributed by atoms with E-state index >= 15 is 0 Å². The minimum atomic E-state index is -0.682. The summed E-state index contributed by atoms with van der Waals surface area (Å²) in [6, 6.07) is 8.45. The number of phenols is 1. The average molecular weight is 229 g/mol. The third-order valence-corrected chi connectivity index (χ3v) is 2.50. The highest BCUT2D eigenvalue weighted by Gasteiger charge is 2.26. The summed E-state index contributed by atoms with van der Waals surface area (Å²) in [5.74, 6) is -1.07. The first kappa shape index (κ1) is 10.9. The van der Waals surface area contributed by atoms with Gasteiger partial charge >= 0.3 is 11.7 Å². The lowest BCUT2D eigenvalue weighted by Crippen LogP contribution is -2.01. The Bertz CT molecular complexity index is 644. The second kappa shape index (κ2) is 4.10. The van der Waals surface area contributed by atoms with Gasteiger partial charge in [0.05, 0.1) is 12.5 Å². The molecule has 5 heteroatoms. The molecule has 0 aromatic heterocycles. The Hall–Kier alpha value is -2.61. The van der Waals surface area contributed by atoms with Crippen LogP contribution >= 0.6 is 0 Å². The van der Waals surface area contributed by atoms with Gasteiger partial charge in [-0.2, -0.15) is 0 Å². The lowest BCUT2D eigenvalue weighted by molar-refractivity contribution is 0.0598. The lowest BCUT2D eigenvalue weighted by atomic mass is 10.0. The van der Waals surface area contributed by atoms with Gasteiger partial charge in [0.25, 0.3) is 0 Å². The molecule has 0 saturated heterocycles. The summed E-state index contributed by atoms with van der Waals surface area (Å²) in [6.07, 6.45) is 0. The number of phenolic OH excluding ortho intramolecular Hbond substituents is 1. The molecule has 0 atom stereocenters. The Balaban J connectivity index is 2.86. The van der Waals surface area contributed by atoms with Gasteiger partial charge in [-0.3, -0.25) is 0 Å². The van der Waals surface area contributed by atoms with E-state index in [2.05, 4.69) is 9.71 Å². The van der Waals surface area contributed by atoms with E-state index in [1.54, 1.807) is 24.3 Å². The van der Waals surface area contributed by atoms with Crippen LogP contribution in [0, 0.1) is 5.39 Å². The Morgan fingerprint density at radius 3 is 2.76 bits per heavy atom. The van der Waals surface area contributed by atoms with Gasteiger partial charge in [0.2, 0.25) is 11.1 Å². The number of hydrogen-bond donors (Lipinski definition) is 1. The van der Waals surface area contributed by atoms with Gasteiger partial charge in [0.1, 0.15) is 5.56 Å². The van der Waals surface area contributed by atoms with Crippen LogP contribution in [0.3, 0.4) is 0 Å². The van der Waals surface area contributed by atoms with E-state index in [4.69, 9.17) is 5.39 Å². The molecule has 1 N–H and O–H groups in total. The van der Waals surface area contributed by atoms with Crippen LogP contribution in [-0.4, -0.2) is 18.2 Å². The van der Waals surface area contributed by atoms with Crippen molar-refractivity contribution in [2.24, 2.45) is 0 Å². The number of nitrogens with zero attached hydrogens (tertiary/aromatic N) is 2. The number of aromatic hydroxyl groups is 1. The molecule has 84 valence electrons. The monoisotopic (exact) mass is 229 g/mol. The van der Waals surface area contributed by atoms with Gasteiger partial charge in [-0.25, -0.2) is 4.79 Å². The number of diazo groups is 1. The molecule has 0 radical (unpaired) electrons. The number of ether oxygens (including phenoxy) is 1. The molecule has 0 aliphatic carbocycles. The van der Waals surface area contributed by atoms with Gasteiger partial charge in [-0.15, -0.1) is 0 Å². The topological polar surface area (TPSA) is 74.7 Å². The summed E-state index contributed by atoms with van der Waals surface area (Å²) < 4.78 is 4.54. The van der Waals surface area contributed by atoms with E-state index < -0.39 is 11.7 Å². The Kier molecular flexibility index (Phi) is 2.63. The zero-order valence-corrected chi connectivity index (χ0v) is 9.04. The smallest absolute Gasteiger partial charge is 0.434 e. The molecule has 0 unspecified atom stereocenters. The number of esters is 1. The van der Waals surface area contributed by atoms with E-state index in [0.717, 1.165) is 0 Å². The largest absolute Gasteiger partial charge is 0.501 e. The molecule has 0 spiro atoms. The second-order valence-corrected chi connectivity index (χ2v) is 3.43. The first-order valence-electron chi connectivity index (χ1n) is 4.87. The van der Waals surface area contributed by atoms with Crippen molar-refractivity contribution >= 4 is 22.4 Å². The SMILES string of the molecule is COC(=O)c1cc2ccccc2c([N+]#N)c1O. The summed E-state index contributed by atoms with van der Waals surface area (Å²) >= 11 is 0. The van der Waals surface area contributed by atoms with E-state index in [1.807, 2.05) is 0 Å². The standard InChI is InChI=1S/C12H8N2O3/c1-17-12(16)9-6-7-4-2-3-5-8(7)10(14-13)11(9)15/h2-6H,1H3/p+1. The predicted octanol–water partition coefficient (Wildman–Crippen LogP) is 2.82. The third kappa shape index (κ3) is 1.66. The number of hydrogen-bond acceptors (Lipinski definition) is 4. The average Bonchev–Trinajstić information content (AvgIpc) is 2.37. The molecule has 0 aliphatic heterocycles. The first-order chi connectivity index (χ1) is 8.19. The van der Waals surface area contributed by atoms with Gasteiger partial charge < -0.3 is 9.84 Å². The zero-order valence-electron chi connectivity index (χ0n) is 9.04. The Morgan fingerprint density at radius 2 is 2.12 bits per heavy atom. The molecule has 0 saturated carbocycles. The van der Waals surface area contributed by atoms with Crippen LogP contribution in [0.5, 0.6) is 5.75 Å². The van der Waals surface area contributed by atoms with Crippen LogP contribution in [0.1, 0.15) is 10.4 Å². The molecule has 0 fully saturated rings. The molecular formula is C12H9N2O3+. The number of methoxy groups -OCH3 is 1. The maximum absolute atomic E-state index is 11.4. The number of fused-ring (bicyclic) bond motifs is 1. The predicted molar refractivity (Wildman–Crippen MR) is 61.7 cm³/mol. The Labute approximate surface area is 96.9 Å². The van der Waals surface area contributed by atoms with Crippen LogP contribution in [0.2, 0.25) is 0 Å². The van der Waals surface area contributed by atoms with Crippen LogP contribution in [-0.2, 0) is 4.74 Å². The quantitative estimate of drug-likeness (QED) is 0.602. The fraction of sp³-hybridized carbons (Fsp3) is 0.0833. The fourth-order valence-corrected chi connectivity index (χ4v) is 1.68. The van der Waals surface area contributed by atoms with E-state index in [0.29, 0.717) is 10.8 Å². The lowest BCUT2D eigenvalue weighted by Gasteiger charge is -2.02. The van der Waals surface area contributed by atoms with Crippen molar-refractivity contribution in [1.82, 2.24) is 0 Å². The van der Waals surface area contributed by atoms with Crippen molar-refractivity contribution in [3.05, 3.63) is 40.9 Å². The van der Waals surface area contributed by atoms with Crippen molar-refractivity contribution in [3.8, 4) is 5.75 Å². The van der Waals surface area contributed by atoms with E-state index in [9.17, 15) is 9.90 Å². The molecular weight excluding hydrogens is 220 g/mol.